The predicted octanol–water partition coefficient (Wildman–Crippen LogP) is 3.70. The maximum Gasteiger partial charge on any atom is 0.0490 e. The smallest absolute Gasteiger partial charge is 0.0490 e. The van der Waals surface area contributed by atoms with Crippen molar-refractivity contribution in [2.45, 2.75) is 13.5 Å². The average molecular weight is 265 g/mol. The lowest BCUT2D eigenvalue weighted by Crippen LogP contribution is -1.99. The van der Waals surface area contributed by atoms with Crippen LogP contribution in [0.2, 0.25) is 0 Å². The first-order chi connectivity index (χ1) is 7.27. The van der Waals surface area contributed by atoms with Gasteiger partial charge in [0.05, 0.1) is 0 Å². The van der Waals surface area contributed by atoms with Crippen LogP contribution in [0.15, 0.2) is 41.1 Å². The van der Waals surface area contributed by atoms with Crippen molar-refractivity contribution in [3.05, 3.63) is 52.3 Å². The summed E-state index contributed by atoms with van der Waals surface area (Å²) in [5.74, 6) is 0. The minimum Gasteiger partial charge on any atom is -0.380 e. The lowest BCUT2D eigenvalue weighted by molar-refractivity contribution is 1.15. The average Bonchev–Trinajstić information content (AvgIpc) is 2.73. The Morgan fingerprint density at radius 3 is 2.93 bits per heavy atom. The van der Waals surface area contributed by atoms with Gasteiger partial charge in [-0.05, 0) is 46.1 Å². The number of H-pyrrole nitrogens is 1. The van der Waals surface area contributed by atoms with E-state index in [1.165, 1.54) is 11.1 Å². The fourth-order valence-corrected chi connectivity index (χ4v) is 1.85. The number of aryl methyl sites for hydroxylation is 1. The quantitative estimate of drug-likeness (QED) is 0.870. The molecule has 0 fully saturated rings. The number of aromatic nitrogens is 1. The number of aromatic amines is 1. The van der Waals surface area contributed by atoms with E-state index in [1.807, 2.05) is 12.4 Å². The zero-order valence-corrected chi connectivity index (χ0v) is 10.1. The zero-order valence-electron chi connectivity index (χ0n) is 8.55. The van der Waals surface area contributed by atoms with Gasteiger partial charge in [-0.3, -0.25) is 0 Å². The minimum atomic E-state index is 0.839. The molecule has 0 atom stereocenters. The summed E-state index contributed by atoms with van der Waals surface area (Å²) in [4.78, 5) is 3.04. The Morgan fingerprint density at radius 2 is 2.20 bits per heavy atom. The Balaban J connectivity index is 2.08. The molecule has 2 aromatic rings. The topological polar surface area (TPSA) is 27.8 Å². The standard InChI is InChI=1S/C12H13BrN2/c1-9-3-2-4-11(12(9)13)15-8-10-5-6-14-7-10/h2-7,14-15H,8H2,1H3. The Kier molecular flexibility index (Phi) is 3.11. The van der Waals surface area contributed by atoms with Gasteiger partial charge in [0.25, 0.3) is 0 Å². The number of benzene rings is 1. The second kappa shape index (κ2) is 4.53. The molecule has 1 heterocycles. The highest BCUT2D eigenvalue weighted by Gasteiger charge is 2.01. The lowest BCUT2D eigenvalue weighted by atomic mass is 10.2. The maximum atomic E-state index is 3.57. The molecule has 0 saturated carbocycles. The van der Waals surface area contributed by atoms with Gasteiger partial charge in [0.15, 0.2) is 0 Å². The summed E-state index contributed by atoms with van der Waals surface area (Å²) in [6, 6.07) is 8.28. The maximum absolute atomic E-state index is 3.57. The number of rotatable bonds is 3. The molecule has 78 valence electrons. The molecule has 0 bridgehead atoms. The second-order valence-electron chi connectivity index (χ2n) is 3.51. The van der Waals surface area contributed by atoms with Crippen molar-refractivity contribution in [3.63, 3.8) is 0 Å². The summed E-state index contributed by atoms with van der Waals surface area (Å²) >= 11 is 3.57. The molecule has 1 aromatic heterocycles. The van der Waals surface area contributed by atoms with Crippen molar-refractivity contribution in [3.8, 4) is 0 Å². The van der Waals surface area contributed by atoms with Crippen LogP contribution in [-0.4, -0.2) is 4.98 Å². The summed E-state index contributed by atoms with van der Waals surface area (Å²) in [6.07, 6.45) is 3.93. The van der Waals surface area contributed by atoms with Crippen molar-refractivity contribution < 1.29 is 0 Å². The highest BCUT2D eigenvalue weighted by molar-refractivity contribution is 9.10. The lowest BCUT2D eigenvalue weighted by Gasteiger charge is -2.09. The Hall–Kier alpha value is -1.22. The largest absolute Gasteiger partial charge is 0.380 e. The van der Waals surface area contributed by atoms with Crippen LogP contribution < -0.4 is 5.32 Å². The van der Waals surface area contributed by atoms with Gasteiger partial charge in [-0.2, -0.15) is 0 Å². The number of hydrogen-bond acceptors (Lipinski definition) is 1. The number of hydrogen-bond donors (Lipinski definition) is 2. The summed E-state index contributed by atoms with van der Waals surface area (Å²) < 4.78 is 1.14. The van der Waals surface area contributed by atoms with E-state index in [1.54, 1.807) is 0 Å². The van der Waals surface area contributed by atoms with Crippen LogP contribution in [0.25, 0.3) is 0 Å². The van der Waals surface area contributed by atoms with Gasteiger partial charge in [-0.25, -0.2) is 0 Å². The van der Waals surface area contributed by atoms with Crippen LogP contribution in [-0.2, 0) is 6.54 Å². The van der Waals surface area contributed by atoms with E-state index in [0.29, 0.717) is 0 Å². The van der Waals surface area contributed by atoms with E-state index in [2.05, 4.69) is 57.4 Å². The molecule has 2 nitrogen and oxygen atoms in total. The molecule has 2 N–H and O–H groups in total. The van der Waals surface area contributed by atoms with Crippen LogP contribution in [0.1, 0.15) is 11.1 Å². The van der Waals surface area contributed by atoms with Crippen LogP contribution >= 0.6 is 15.9 Å². The van der Waals surface area contributed by atoms with Crippen molar-refractivity contribution in [2.24, 2.45) is 0 Å². The molecule has 0 aliphatic heterocycles. The van der Waals surface area contributed by atoms with Crippen molar-refractivity contribution in [1.29, 1.82) is 0 Å². The van der Waals surface area contributed by atoms with Crippen LogP contribution in [0.3, 0.4) is 0 Å². The third-order valence-corrected chi connectivity index (χ3v) is 3.39. The second-order valence-corrected chi connectivity index (χ2v) is 4.30. The number of anilines is 1. The summed E-state index contributed by atoms with van der Waals surface area (Å²) in [7, 11) is 0. The van der Waals surface area contributed by atoms with Gasteiger partial charge in [0.2, 0.25) is 0 Å². The molecule has 0 aliphatic rings. The fourth-order valence-electron chi connectivity index (χ4n) is 1.45. The van der Waals surface area contributed by atoms with E-state index < -0.39 is 0 Å². The van der Waals surface area contributed by atoms with Crippen molar-refractivity contribution >= 4 is 21.6 Å². The van der Waals surface area contributed by atoms with E-state index in [9.17, 15) is 0 Å². The van der Waals surface area contributed by atoms with E-state index >= 15 is 0 Å². The summed E-state index contributed by atoms with van der Waals surface area (Å²) in [6.45, 7) is 2.93. The summed E-state index contributed by atoms with van der Waals surface area (Å²) in [5.41, 5.74) is 3.63. The molecule has 0 aliphatic carbocycles. The van der Waals surface area contributed by atoms with Gasteiger partial charge in [0, 0.05) is 29.1 Å². The first-order valence-corrected chi connectivity index (χ1v) is 5.67. The van der Waals surface area contributed by atoms with Gasteiger partial charge < -0.3 is 10.3 Å². The van der Waals surface area contributed by atoms with Crippen molar-refractivity contribution in [1.82, 2.24) is 4.98 Å². The molecule has 3 heteroatoms. The molecule has 0 radical (unpaired) electrons. The molecule has 0 amide bonds. The molecule has 1 aromatic carbocycles. The predicted molar refractivity (Wildman–Crippen MR) is 67.0 cm³/mol. The molecule has 0 unspecified atom stereocenters. The molecular formula is C12H13BrN2. The Morgan fingerprint density at radius 1 is 1.33 bits per heavy atom. The Labute approximate surface area is 97.8 Å². The number of nitrogens with one attached hydrogen (secondary N) is 2. The first-order valence-electron chi connectivity index (χ1n) is 4.88. The van der Waals surface area contributed by atoms with Crippen LogP contribution in [0.5, 0.6) is 0 Å². The Bertz CT molecular complexity index is 435. The highest BCUT2D eigenvalue weighted by Crippen LogP contribution is 2.25. The van der Waals surface area contributed by atoms with Gasteiger partial charge in [-0.1, -0.05) is 12.1 Å². The molecule has 0 saturated heterocycles. The highest BCUT2D eigenvalue weighted by atomic mass is 79.9. The van der Waals surface area contributed by atoms with Crippen molar-refractivity contribution in [2.75, 3.05) is 5.32 Å². The van der Waals surface area contributed by atoms with E-state index in [4.69, 9.17) is 0 Å². The zero-order chi connectivity index (χ0) is 10.7. The molecular weight excluding hydrogens is 252 g/mol. The van der Waals surface area contributed by atoms with Gasteiger partial charge in [-0.15, -0.1) is 0 Å². The fraction of sp³-hybridized carbons (Fsp3) is 0.167. The normalized spacial score (nSPS) is 10.3. The van der Waals surface area contributed by atoms with Crippen LogP contribution in [0.4, 0.5) is 5.69 Å². The van der Waals surface area contributed by atoms with Gasteiger partial charge >= 0.3 is 0 Å². The third-order valence-electron chi connectivity index (χ3n) is 2.34. The van der Waals surface area contributed by atoms with Gasteiger partial charge in [0.1, 0.15) is 0 Å². The van der Waals surface area contributed by atoms with Crippen LogP contribution in [0, 0.1) is 6.92 Å². The molecule has 0 spiro atoms. The SMILES string of the molecule is Cc1cccc(NCc2cc[nH]c2)c1Br. The third kappa shape index (κ3) is 2.42. The van der Waals surface area contributed by atoms with E-state index in [0.717, 1.165) is 16.7 Å². The molecule has 2 rings (SSSR count). The molecule has 15 heavy (non-hydrogen) atoms. The summed E-state index contributed by atoms with van der Waals surface area (Å²) in [5, 5.41) is 3.39. The first kappa shape index (κ1) is 10.3. The monoisotopic (exact) mass is 264 g/mol. The number of halogens is 1. The minimum absolute atomic E-state index is 0.839. The van der Waals surface area contributed by atoms with E-state index in [-0.39, 0.29) is 0 Å².